The van der Waals surface area contributed by atoms with Crippen LogP contribution in [0.25, 0.3) is 0 Å². The van der Waals surface area contributed by atoms with Crippen LogP contribution < -0.4 is 10.6 Å². The second-order valence-electron chi connectivity index (χ2n) is 6.39. The molecule has 21 heavy (non-hydrogen) atoms. The third-order valence-electron chi connectivity index (χ3n) is 4.42. The maximum absolute atomic E-state index is 11.0. The summed E-state index contributed by atoms with van der Waals surface area (Å²) in [5.41, 5.74) is 2.13. The van der Waals surface area contributed by atoms with Crippen LogP contribution in [0.1, 0.15) is 31.7 Å². The number of anilines is 1. The summed E-state index contributed by atoms with van der Waals surface area (Å²) < 4.78 is 0. The first-order valence-corrected chi connectivity index (χ1v) is 8.02. The van der Waals surface area contributed by atoms with Crippen LogP contribution in [0, 0.1) is 5.92 Å². The summed E-state index contributed by atoms with van der Waals surface area (Å²) in [6.45, 7) is 6.11. The molecule has 0 spiro atoms. The number of carbonyl (C=O) groups excluding carboxylic acids is 1. The zero-order chi connectivity index (χ0) is 14.7. The Morgan fingerprint density at radius 1 is 1.24 bits per heavy atom. The van der Waals surface area contributed by atoms with Crippen LogP contribution in [-0.4, -0.2) is 36.5 Å². The third kappa shape index (κ3) is 4.29. The fraction of sp³-hybridized carbons (Fsp3) is 0.588. The van der Waals surface area contributed by atoms with Crippen molar-refractivity contribution in [3.05, 3.63) is 29.8 Å². The molecule has 1 heterocycles. The zero-order valence-corrected chi connectivity index (χ0v) is 12.8. The molecule has 4 nitrogen and oxygen atoms in total. The largest absolute Gasteiger partial charge is 0.326 e. The van der Waals surface area contributed by atoms with E-state index in [4.69, 9.17) is 0 Å². The molecule has 1 atom stereocenters. The Labute approximate surface area is 126 Å². The second-order valence-corrected chi connectivity index (χ2v) is 6.39. The highest BCUT2D eigenvalue weighted by Crippen LogP contribution is 2.31. The maximum atomic E-state index is 11.0. The molecule has 3 rings (SSSR count). The molecular weight excluding hydrogens is 262 g/mol. The highest BCUT2D eigenvalue weighted by atomic mass is 16.1. The van der Waals surface area contributed by atoms with Crippen LogP contribution in [0.15, 0.2) is 24.3 Å². The number of hydrogen-bond donors (Lipinski definition) is 2. The summed E-state index contributed by atoms with van der Waals surface area (Å²) in [5, 5.41) is 6.36. The predicted molar refractivity (Wildman–Crippen MR) is 85.2 cm³/mol. The van der Waals surface area contributed by atoms with E-state index >= 15 is 0 Å². The minimum Gasteiger partial charge on any atom is -0.326 e. The van der Waals surface area contributed by atoms with Crippen molar-refractivity contribution < 1.29 is 4.79 Å². The SMILES string of the molecule is CC(=O)Nc1ccc(CNC[C@H]2CCN(C3CC3)C2)cc1. The molecule has 1 aromatic rings. The van der Waals surface area contributed by atoms with E-state index in [1.54, 1.807) is 0 Å². The van der Waals surface area contributed by atoms with Gasteiger partial charge >= 0.3 is 0 Å². The molecule has 2 fully saturated rings. The lowest BCUT2D eigenvalue weighted by Gasteiger charge is -2.15. The quantitative estimate of drug-likeness (QED) is 0.843. The van der Waals surface area contributed by atoms with Gasteiger partial charge in [-0.15, -0.1) is 0 Å². The molecule has 4 heteroatoms. The lowest BCUT2D eigenvalue weighted by molar-refractivity contribution is -0.114. The summed E-state index contributed by atoms with van der Waals surface area (Å²) in [4.78, 5) is 13.6. The summed E-state index contributed by atoms with van der Waals surface area (Å²) in [6.07, 6.45) is 4.17. The Kier molecular flexibility index (Phi) is 4.56. The van der Waals surface area contributed by atoms with E-state index in [1.165, 1.54) is 44.8 Å². The van der Waals surface area contributed by atoms with Crippen molar-refractivity contribution in [1.82, 2.24) is 10.2 Å². The number of carbonyl (C=O) groups is 1. The van der Waals surface area contributed by atoms with E-state index in [9.17, 15) is 4.79 Å². The molecule has 0 aromatic heterocycles. The maximum Gasteiger partial charge on any atom is 0.221 e. The number of likely N-dealkylation sites (tertiary alicyclic amines) is 1. The van der Waals surface area contributed by atoms with Crippen LogP contribution >= 0.6 is 0 Å². The third-order valence-corrected chi connectivity index (χ3v) is 4.42. The topological polar surface area (TPSA) is 44.4 Å². The van der Waals surface area contributed by atoms with Gasteiger partial charge in [0.1, 0.15) is 0 Å². The van der Waals surface area contributed by atoms with E-state index < -0.39 is 0 Å². The normalized spacial score (nSPS) is 22.4. The molecule has 1 amide bonds. The Hall–Kier alpha value is -1.39. The number of amides is 1. The van der Waals surface area contributed by atoms with Crippen molar-refractivity contribution in [1.29, 1.82) is 0 Å². The molecular formula is C17H25N3O. The molecule has 2 N–H and O–H groups in total. The molecule has 2 aliphatic rings. The van der Waals surface area contributed by atoms with Gasteiger partial charge in [-0.2, -0.15) is 0 Å². The van der Waals surface area contributed by atoms with Crippen molar-refractivity contribution in [3.8, 4) is 0 Å². The Morgan fingerprint density at radius 2 is 2.00 bits per heavy atom. The van der Waals surface area contributed by atoms with Crippen LogP contribution in [0.4, 0.5) is 5.69 Å². The van der Waals surface area contributed by atoms with Crippen LogP contribution in [-0.2, 0) is 11.3 Å². The summed E-state index contributed by atoms with van der Waals surface area (Å²) in [5.74, 6) is 0.784. The minimum atomic E-state index is -0.0256. The monoisotopic (exact) mass is 287 g/mol. The first kappa shape index (κ1) is 14.5. The smallest absolute Gasteiger partial charge is 0.221 e. The van der Waals surface area contributed by atoms with Gasteiger partial charge in [-0.05, 0) is 56.0 Å². The Balaban J connectivity index is 1.38. The predicted octanol–water partition coefficient (Wildman–Crippen LogP) is 2.22. The number of nitrogens with one attached hydrogen (secondary N) is 2. The summed E-state index contributed by atoms with van der Waals surface area (Å²) in [7, 11) is 0. The van der Waals surface area contributed by atoms with Gasteiger partial charge in [-0.1, -0.05) is 12.1 Å². The van der Waals surface area contributed by atoms with E-state index in [0.29, 0.717) is 0 Å². The van der Waals surface area contributed by atoms with E-state index in [1.807, 2.05) is 12.1 Å². The van der Waals surface area contributed by atoms with Gasteiger partial charge in [-0.3, -0.25) is 4.79 Å². The minimum absolute atomic E-state index is 0.0256. The average Bonchev–Trinajstić information content (AvgIpc) is 3.20. The van der Waals surface area contributed by atoms with Crippen LogP contribution in [0.3, 0.4) is 0 Å². The van der Waals surface area contributed by atoms with Crippen molar-refractivity contribution in [3.63, 3.8) is 0 Å². The molecule has 1 aromatic carbocycles. The summed E-state index contributed by atoms with van der Waals surface area (Å²) >= 11 is 0. The molecule has 0 unspecified atom stereocenters. The van der Waals surface area contributed by atoms with E-state index in [0.717, 1.165) is 30.7 Å². The van der Waals surface area contributed by atoms with Gasteiger partial charge < -0.3 is 15.5 Å². The first-order valence-electron chi connectivity index (χ1n) is 8.02. The van der Waals surface area contributed by atoms with Gasteiger partial charge in [-0.25, -0.2) is 0 Å². The van der Waals surface area contributed by atoms with Crippen molar-refractivity contribution in [2.75, 3.05) is 25.0 Å². The van der Waals surface area contributed by atoms with Crippen LogP contribution in [0.5, 0.6) is 0 Å². The van der Waals surface area contributed by atoms with Gasteiger partial charge in [0, 0.05) is 31.7 Å². The van der Waals surface area contributed by atoms with Crippen LogP contribution in [0.2, 0.25) is 0 Å². The van der Waals surface area contributed by atoms with Gasteiger partial charge in [0.15, 0.2) is 0 Å². The van der Waals surface area contributed by atoms with Crippen molar-refractivity contribution >= 4 is 11.6 Å². The first-order chi connectivity index (χ1) is 10.2. The molecule has 114 valence electrons. The van der Waals surface area contributed by atoms with E-state index in [-0.39, 0.29) is 5.91 Å². The number of nitrogens with zero attached hydrogens (tertiary/aromatic N) is 1. The molecule has 0 radical (unpaired) electrons. The number of benzene rings is 1. The number of hydrogen-bond acceptors (Lipinski definition) is 3. The Morgan fingerprint density at radius 3 is 2.67 bits per heavy atom. The lowest BCUT2D eigenvalue weighted by Crippen LogP contribution is -2.27. The van der Waals surface area contributed by atoms with Gasteiger partial charge in [0.25, 0.3) is 0 Å². The number of rotatable bonds is 6. The molecule has 0 bridgehead atoms. The highest BCUT2D eigenvalue weighted by molar-refractivity contribution is 5.88. The second kappa shape index (κ2) is 6.58. The van der Waals surface area contributed by atoms with Crippen molar-refractivity contribution in [2.24, 2.45) is 5.92 Å². The fourth-order valence-electron chi connectivity index (χ4n) is 3.13. The Bertz CT molecular complexity index is 481. The van der Waals surface area contributed by atoms with Crippen molar-refractivity contribution in [2.45, 2.75) is 38.8 Å². The fourth-order valence-corrected chi connectivity index (χ4v) is 3.13. The van der Waals surface area contributed by atoms with Gasteiger partial charge in [0.05, 0.1) is 0 Å². The average molecular weight is 287 g/mol. The van der Waals surface area contributed by atoms with Gasteiger partial charge in [0.2, 0.25) is 5.91 Å². The molecule has 1 aliphatic carbocycles. The molecule has 1 aliphatic heterocycles. The standard InChI is InChI=1S/C17H25N3O/c1-13(21)19-16-4-2-14(3-5-16)10-18-11-15-8-9-20(12-15)17-6-7-17/h2-5,15,17-18H,6-12H2,1H3,(H,19,21)/t15-/m1/s1. The lowest BCUT2D eigenvalue weighted by atomic mass is 10.1. The zero-order valence-electron chi connectivity index (χ0n) is 12.8. The highest BCUT2D eigenvalue weighted by Gasteiger charge is 2.33. The summed E-state index contributed by atoms with van der Waals surface area (Å²) in [6, 6.07) is 8.98. The molecule has 1 saturated carbocycles. The molecule has 1 saturated heterocycles. The van der Waals surface area contributed by atoms with E-state index in [2.05, 4.69) is 27.7 Å².